The van der Waals surface area contributed by atoms with E-state index in [1.807, 2.05) is 19.0 Å². The van der Waals surface area contributed by atoms with E-state index >= 15 is 0 Å². The molecule has 0 amide bonds. The third-order valence-corrected chi connectivity index (χ3v) is 4.22. The van der Waals surface area contributed by atoms with Gasteiger partial charge in [-0.2, -0.15) is 0 Å². The van der Waals surface area contributed by atoms with E-state index in [4.69, 9.17) is 0 Å². The molecule has 1 aromatic heterocycles. The quantitative estimate of drug-likeness (QED) is 0.795. The highest BCUT2D eigenvalue weighted by Gasteiger charge is 2.21. The van der Waals surface area contributed by atoms with E-state index in [1.165, 1.54) is 6.20 Å². The molecule has 1 atom stereocenters. The number of imidazole rings is 1. The number of likely N-dealkylation sites (N-methyl/N-ethyl adjacent to an activating group) is 1. The SMILES string of the molecule is Cc1ncc(S(=O)(=O)NCC(C(C)C)N(C)C)[nH]1. The first-order valence-electron chi connectivity index (χ1n) is 5.91. The van der Waals surface area contributed by atoms with Gasteiger partial charge >= 0.3 is 0 Å². The fourth-order valence-corrected chi connectivity index (χ4v) is 2.84. The molecule has 7 heteroatoms. The van der Waals surface area contributed by atoms with Crippen LogP contribution >= 0.6 is 0 Å². The van der Waals surface area contributed by atoms with Crippen molar-refractivity contribution >= 4 is 10.0 Å². The molecule has 0 aliphatic heterocycles. The monoisotopic (exact) mass is 274 g/mol. The molecule has 2 N–H and O–H groups in total. The van der Waals surface area contributed by atoms with E-state index in [-0.39, 0.29) is 11.1 Å². The van der Waals surface area contributed by atoms with Gasteiger partial charge in [0.05, 0.1) is 6.20 Å². The number of aryl methyl sites for hydroxylation is 1. The van der Waals surface area contributed by atoms with E-state index in [0.29, 0.717) is 18.3 Å². The Morgan fingerprint density at radius 1 is 1.44 bits per heavy atom. The molecule has 18 heavy (non-hydrogen) atoms. The van der Waals surface area contributed by atoms with E-state index in [0.717, 1.165) is 0 Å². The molecule has 1 unspecified atom stereocenters. The van der Waals surface area contributed by atoms with Gasteiger partial charge in [-0.05, 0) is 26.9 Å². The second-order valence-corrected chi connectivity index (χ2v) is 6.70. The van der Waals surface area contributed by atoms with E-state index < -0.39 is 10.0 Å². The lowest BCUT2D eigenvalue weighted by molar-refractivity contribution is 0.233. The number of aromatic nitrogens is 2. The molecule has 0 saturated carbocycles. The number of hydrogen-bond acceptors (Lipinski definition) is 4. The maximum absolute atomic E-state index is 12.0. The van der Waals surface area contributed by atoms with Gasteiger partial charge in [0.25, 0.3) is 10.0 Å². The Kier molecular flexibility index (Phi) is 4.89. The summed E-state index contributed by atoms with van der Waals surface area (Å²) in [5.74, 6) is 0.953. The van der Waals surface area contributed by atoms with Crippen LogP contribution in [0.4, 0.5) is 0 Å². The minimum absolute atomic E-state index is 0.112. The van der Waals surface area contributed by atoms with Gasteiger partial charge < -0.3 is 9.88 Å². The van der Waals surface area contributed by atoms with Crippen LogP contribution in [0.25, 0.3) is 0 Å². The molecule has 0 fully saturated rings. The lowest BCUT2D eigenvalue weighted by Gasteiger charge is -2.27. The van der Waals surface area contributed by atoms with Crippen molar-refractivity contribution in [2.75, 3.05) is 20.6 Å². The number of nitrogens with zero attached hydrogens (tertiary/aromatic N) is 2. The maximum Gasteiger partial charge on any atom is 0.257 e. The second kappa shape index (κ2) is 5.81. The Morgan fingerprint density at radius 2 is 2.06 bits per heavy atom. The Hall–Kier alpha value is -0.920. The summed E-state index contributed by atoms with van der Waals surface area (Å²) < 4.78 is 26.6. The van der Waals surface area contributed by atoms with Gasteiger partial charge in [-0.1, -0.05) is 13.8 Å². The molecule has 0 saturated heterocycles. The van der Waals surface area contributed by atoms with Crippen LogP contribution in [0.15, 0.2) is 11.2 Å². The van der Waals surface area contributed by atoms with Crippen molar-refractivity contribution in [2.45, 2.75) is 31.8 Å². The molecule has 0 spiro atoms. The first-order chi connectivity index (χ1) is 8.24. The first kappa shape index (κ1) is 15.1. The number of aromatic amines is 1. The van der Waals surface area contributed by atoms with E-state index in [9.17, 15) is 8.42 Å². The summed E-state index contributed by atoms with van der Waals surface area (Å²) in [5, 5.41) is 0.112. The number of rotatable bonds is 6. The summed E-state index contributed by atoms with van der Waals surface area (Å²) >= 11 is 0. The predicted octanol–water partition coefficient (Wildman–Crippen LogP) is 0.583. The van der Waals surface area contributed by atoms with Crippen LogP contribution < -0.4 is 4.72 Å². The standard InChI is InChI=1S/C11H22N4O2S/c1-8(2)10(15(4)5)6-13-18(16,17)11-7-12-9(3)14-11/h7-8,10,13H,6H2,1-5H3,(H,12,14). The number of H-pyrrole nitrogens is 1. The lowest BCUT2D eigenvalue weighted by Crippen LogP contribution is -2.43. The van der Waals surface area contributed by atoms with Crippen molar-refractivity contribution in [1.82, 2.24) is 19.6 Å². The molecule has 6 nitrogen and oxygen atoms in total. The predicted molar refractivity (Wildman–Crippen MR) is 70.8 cm³/mol. The number of sulfonamides is 1. The molecule has 0 bridgehead atoms. The van der Waals surface area contributed by atoms with Crippen molar-refractivity contribution in [3.8, 4) is 0 Å². The van der Waals surface area contributed by atoms with Crippen LogP contribution in [-0.4, -0.2) is 50.0 Å². The molecule has 1 heterocycles. The summed E-state index contributed by atoms with van der Waals surface area (Å²) in [6.45, 7) is 6.24. The zero-order valence-electron chi connectivity index (χ0n) is 11.6. The van der Waals surface area contributed by atoms with Gasteiger partial charge in [0.1, 0.15) is 5.82 Å². The largest absolute Gasteiger partial charge is 0.332 e. The van der Waals surface area contributed by atoms with Gasteiger partial charge in [0, 0.05) is 12.6 Å². The van der Waals surface area contributed by atoms with Gasteiger partial charge in [0.2, 0.25) is 0 Å². The Balaban J connectivity index is 2.73. The van der Waals surface area contributed by atoms with Gasteiger partial charge in [-0.15, -0.1) is 0 Å². The van der Waals surface area contributed by atoms with Crippen LogP contribution in [-0.2, 0) is 10.0 Å². The minimum Gasteiger partial charge on any atom is -0.332 e. The Labute approximate surface area is 109 Å². The fourth-order valence-electron chi connectivity index (χ4n) is 1.82. The minimum atomic E-state index is -3.50. The van der Waals surface area contributed by atoms with Crippen LogP contribution in [0, 0.1) is 12.8 Å². The van der Waals surface area contributed by atoms with Crippen molar-refractivity contribution in [3.63, 3.8) is 0 Å². The smallest absolute Gasteiger partial charge is 0.257 e. The van der Waals surface area contributed by atoms with E-state index in [1.54, 1.807) is 6.92 Å². The number of hydrogen-bond donors (Lipinski definition) is 2. The van der Waals surface area contributed by atoms with Crippen molar-refractivity contribution in [1.29, 1.82) is 0 Å². The molecule has 0 aliphatic carbocycles. The highest BCUT2D eigenvalue weighted by atomic mass is 32.2. The molecule has 0 radical (unpaired) electrons. The van der Waals surface area contributed by atoms with Crippen molar-refractivity contribution < 1.29 is 8.42 Å². The highest BCUT2D eigenvalue weighted by molar-refractivity contribution is 7.89. The fraction of sp³-hybridized carbons (Fsp3) is 0.727. The maximum atomic E-state index is 12.0. The number of nitrogens with one attached hydrogen (secondary N) is 2. The normalized spacial score (nSPS) is 14.4. The first-order valence-corrected chi connectivity index (χ1v) is 7.40. The van der Waals surface area contributed by atoms with Crippen LogP contribution in [0.3, 0.4) is 0 Å². The topological polar surface area (TPSA) is 78.1 Å². The Bertz CT molecular complexity index is 471. The third-order valence-electron chi connectivity index (χ3n) is 2.88. The summed E-state index contributed by atoms with van der Waals surface area (Å²) in [7, 11) is 0.391. The molecule has 0 aliphatic rings. The van der Waals surface area contributed by atoms with Gasteiger partial charge in [-0.3, -0.25) is 0 Å². The average Bonchev–Trinajstić information content (AvgIpc) is 2.64. The van der Waals surface area contributed by atoms with Crippen LogP contribution in [0.1, 0.15) is 19.7 Å². The van der Waals surface area contributed by atoms with Gasteiger partial charge in [0.15, 0.2) is 5.03 Å². The summed E-state index contributed by atoms with van der Waals surface area (Å²) in [6.07, 6.45) is 1.33. The molecule has 104 valence electrons. The second-order valence-electron chi connectivity index (χ2n) is 4.96. The lowest BCUT2D eigenvalue weighted by atomic mass is 10.0. The molecule has 1 rings (SSSR count). The molecular formula is C11H22N4O2S. The third kappa shape index (κ3) is 3.79. The Morgan fingerprint density at radius 3 is 2.44 bits per heavy atom. The summed E-state index contributed by atoms with van der Waals surface area (Å²) in [6, 6.07) is 0.156. The van der Waals surface area contributed by atoms with Crippen molar-refractivity contribution in [2.24, 2.45) is 5.92 Å². The van der Waals surface area contributed by atoms with E-state index in [2.05, 4.69) is 28.5 Å². The molecule has 0 aromatic carbocycles. The zero-order valence-corrected chi connectivity index (χ0v) is 12.4. The summed E-state index contributed by atoms with van der Waals surface area (Å²) in [4.78, 5) is 8.64. The summed E-state index contributed by atoms with van der Waals surface area (Å²) in [5.41, 5.74) is 0. The highest BCUT2D eigenvalue weighted by Crippen LogP contribution is 2.09. The molecular weight excluding hydrogens is 252 g/mol. The van der Waals surface area contributed by atoms with Crippen LogP contribution in [0.5, 0.6) is 0 Å². The van der Waals surface area contributed by atoms with Crippen molar-refractivity contribution in [3.05, 3.63) is 12.0 Å². The average molecular weight is 274 g/mol. The van der Waals surface area contributed by atoms with Crippen LogP contribution in [0.2, 0.25) is 0 Å². The molecule has 1 aromatic rings. The zero-order chi connectivity index (χ0) is 13.9. The van der Waals surface area contributed by atoms with Gasteiger partial charge in [-0.25, -0.2) is 18.1 Å².